The molecule has 0 aliphatic rings. The van der Waals surface area contributed by atoms with Crippen LogP contribution in [0, 0.1) is 30.1 Å². The molecule has 2 aromatic heterocycles. The summed E-state index contributed by atoms with van der Waals surface area (Å²) in [5.74, 6) is 4.74. The summed E-state index contributed by atoms with van der Waals surface area (Å²) < 4.78 is 6.67. The van der Waals surface area contributed by atoms with Crippen LogP contribution in [0.5, 0.6) is 0 Å². The summed E-state index contributed by atoms with van der Waals surface area (Å²) in [6, 6.07) is 6.06. The van der Waals surface area contributed by atoms with Crippen LogP contribution in [-0.4, -0.2) is 23.2 Å². The minimum absolute atomic E-state index is 0.292. The third-order valence-electron chi connectivity index (χ3n) is 2.91. The van der Waals surface area contributed by atoms with E-state index in [1.165, 1.54) is 11.8 Å². The van der Waals surface area contributed by atoms with Crippen LogP contribution in [0.1, 0.15) is 23.7 Å². The van der Waals surface area contributed by atoms with Crippen LogP contribution < -0.4 is 0 Å². The highest BCUT2D eigenvalue weighted by atomic mass is 32.2. The molecule has 21 heavy (non-hydrogen) atoms. The van der Waals surface area contributed by atoms with Crippen LogP contribution >= 0.6 is 11.8 Å². The monoisotopic (exact) mass is 298 g/mol. The fraction of sp³-hybridized carbons (Fsp3) is 0.250. The number of rotatable bonds is 2. The molecular formula is C16H14N2O2S. The summed E-state index contributed by atoms with van der Waals surface area (Å²) in [6.07, 6.45) is 3.79. The molecule has 0 N–H and O–H groups in total. The van der Waals surface area contributed by atoms with E-state index in [1.807, 2.05) is 35.9 Å². The first-order chi connectivity index (χ1) is 10.1. The molecule has 2 rings (SSSR count). The maximum absolute atomic E-state index is 11.4. The van der Waals surface area contributed by atoms with E-state index in [4.69, 9.17) is 4.74 Å². The Bertz CT molecular complexity index is 804. The van der Waals surface area contributed by atoms with Crippen molar-refractivity contribution in [1.82, 2.24) is 4.40 Å². The lowest BCUT2D eigenvalue weighted by molar-refractivity contribution is -0.136. The van der Waals surface area contributed by atoms with Crippen LogP contribution in [0.3, 0.4) is 0 Å². The zero-order valence-electron chi connectivity index (χ0n) is 12.1. The number of thioether (sulfide) groups is 1. The predicted molar refractivity (Wildman–Crippen MR) is 82.1 cm³/mol. The van der Waals surface area contributed by atoms with Crippen molar-refractivity contribution < 1.29 is 9.53 Å². The number of aryl methyl sites for hydroxylation is 1. The predicted octanol–water partition coefficient (Wildman–Crippen LogP) is 2.76. The third-order valence-corrected chi connectivity index (χ3v) is 3.72. The zero-order valence-corrected chi connectivity index (χ0v) is 12.9. The Balaban J connectivity index is 2.69. The van der Waals surface area contributed by atoms with Gasteiger partial charge in [-0.15, -0.1) is 11.8 Å². The van der Waals surface area contributed by atoms with Gasteiger partial charge in [0.15, 0.2) is 0 Å². The molecule has 0 aromatic carbocycles. The Labute approximate surface area is 127 Å². The SMILES string of the molecule is CCOC(=O)C#Cc1c(SC)c(C#N)c2ccc(C)cn12. The van der Waals surface area contributed by atoms with Crippen LogP contribution in [0.15, 0.2) is 23.2 Å². The fourth-order valence-electron chi connectivity index (χ4n) is 2.04. The van der Waals surface area contributed by atoms with Gasteiger partial charge < -0.3 is 9.14 Å². The molecule has 2 heterocycles. The van der Waals surface area contributed by atoms with Gasteiger partial charge in [0.1, 0.15) is 11.8 Å². The highest BCUT2D eigenvalue weighted by Gasteiger charge is 2.16. The second-order valence-corrected chi connectivity index (χ2v) is 5.12. The average molecular weight is 298 g/mol. The number of ether oxygens (including phenoxy) is 1. The van der Waals surface area contributed by atoms with E-state index in [9.17, 15) is 10.1 Å². The molecular weight excluding hydrogens is 284 g/mol. The van der Waals surface area contributed by atoms with Gasteiger partial charge >= 0.3 is 5.97 Å². The maximum atomic E-state index is 11.4. The van der Waals surface area contributed by atoms with E-state index in [2.05, 4.69) is 17.9 Å². The van der Waals surface area contributed by atoms with Crippen molar-refractivity contribution in [3.8, 4) is 17.9 Å². The lowest BCUT2D eigenvalue weighted by atomic mass is 10.2. The van der Waals surface area contributed by atoms with Crippen molar-refractivity contribution in [2.24, 2.45) is 0 Å². The quantitative estimate of drug-likeness (QED) is 0.486. The van der Waals surface area contributed by atoms with E-state index < -0.39 is 5.97 Å². The Kier molecular flexibility index (Phi) is 4.57. The van der Waals surface area contributed by atoms with E-state index in [0.717, 1.165) is 16.0 Å². The number of fused-ring (bicyclic) bond motifs is 1. The number of hydrogen-bond donors (Lipinski definition) is 0. The summed E-state index contributed by atoms with van der Waals surface area (Å²) in [4.78, 5) is 12.2. The summed E-state index contributed by atoms with van der Waals surface area (Å²) in [5, 5.41) is 9.38. The topological polar surface area (TPSA) is 54.5 Å². The second-order valence-electron chi connectivity index (χ2n) is 4.30. The molecule has 0 saturated heterocycles. The number of aromatic nitrogens is 1. The lowest BCUT2D eigenvalue weighted by Gasteiger charge is -1.99. The fourth-order valence-corrected chi connectivity index (χ4v) is 2.74. The zero-order chi connectivity index (χ0) is 15.4. The molecule has 0 aliphatic carbocycles. The second kappa shape index (κ2) is 6.39. The standard InChI is InChI=1S/C16H14N2O2S/c1-4-20-15(19)8-7-14-16(21-3)12(9-17)13-6-5-11(2)10-18(13)14/h5-6,10H,4H2,1-3H3. The molecule has 0 spiro atoms. The van der Waals surface area contributed by atoms with Crippen molar-refractivity contribution in [2.75, 3.05) is 12.9 Å². The normalized spacial score (nSPS) is 9.81. The minimum Gasteiger partial charge on any atom is -0.456 e. The first kappa shape index (κ1) is 15.0. The Morgan fingerprint density at radius 1 is 1.48 bits per heavy atom. The van der Waals surface area contributed by atoms with Crippen LogP contribution in [0.4, 0.5) is 0 Å². The highest BCUT2D eigenvalue weighted by molar-refractivity contribution is 7.98. The van der Waals surface area contributed by atoms with Gasteiger partial charge in [-0.2, -0.15) is 5.26 Å². The molecule has 0 fully saturated rings. The van der Waals surface area contributed by atoms with Gasteiger partial charge in [-0.1, -0.05) is 6.07 Å². The number of hydrogen-bond acceptors (Lipinski definition) is 4. The first-order valence-corrected chi connectivity index (χ1v) is 7.62. The first-order valence-electron chi connectivity index (χ1n) is 6.39. The number of esters is 1. The van der Waals surface area contributed by atoms with Gasteiger partial charge in [0, 0.05) is 12.1 Å². The molecule has 0 radical (unpaired) electrons. The van der Waals surface area contributed by atoms with Gasteiger partial charge in [-0.25, -0.2) is 4.79 Å². The Hall–Kier alpha value is -2.37. The number of nitriles is 1. The largest absolute Gasteiger partial charge is 0.456 e. The summed E-state index contributed by atoms with van der Waals surface area (Å²) in [7, 11) is 0. The molecule has 0 bridgehead atoms. The molecule has 0 atom stereocenters. The van der Waals surface area contributed by atoms with Gasteiger partial charge in [0.05, 0.1) is 22.6 Å². The van der Waals surface area contributed by atoms with Crippen molar-refractivity contribution in [3.05, 3.63) is 35.2 Å². The van der Waals surface area contributed by atoms with E-state index in [1.54, 1.807) is 6.92 Å². The summed E-state index contributed by atoms with van der Waals surface area (Å²) in [5.41, 5.74) is 3.07. The molecule has 4 nitrogen and oxygen atoms in total. The lowest BCUT2D eigenvalue weighted by Crippen LogP contribution is -2.00. The average Bonchev–Trinajstić information content (AvgIpc) is 2.77. The maximum Gasteiger partial charge on any atom is 0.384 e. The van der Waals surface area contributed by atoms with E-state index in [0.29, 0.717) is 17.9 Å². The van der Waals surface area contributed by atoms with Crippen molar-refractivity contribution in [1.29, 1.82) is 5.26 Å². The molecule has 5 heteroatoms. The molecule has 0 amide bonds. The molecule has 0 saturated carbocycles. The number of nitrogens with zero attached hydrogens (tertiary/aromatic N) is 2. The summed E-state index contributed by atoms with van der Waals surface area (Å²) in [6.45, 7) is 3.99. The molecule has 106 valence electrons. The van der Waals surface area contributed by atoms with Gasteiger partial charge in [0.25, 0.3) is 0 Å². The summed E-state index contributed by atoms with van der Waals surface area (Å²) >= 11 is 1.45. The minimum atomic E-state index is -0.564. The highest BCUT2D eigenvalue weighted by Crippen LogP contribution is 2.30. The van der Waals surface area contributed by atoms with Crippen molar-refractivity contribution in [2.45, 2.75) is 18.7 Å². The van der Waals surface area contributed by atoms with Gasteiger partial charge in [-0.05, 0) is 37.7 Å². The third kappa shape index (κ3) is 2.89. The molecule has 2 aromatic rings. The van der Waals surface area contributed by atoms with Crippen LogP contribution in [-0.2, 0) is 9.53 Å². The van der Waals surface area contributed by atoms with E-state index >= 15 is 0 Å². The number of pyridine rings is 1. The Morgan fingerprint density at radius 3 is 2.86 bits per heavy atom. The van der Waals surface area contributed by atoms with Crippen molar-refractivity contribution in [3.63, 3.8) is 0 Å². The smallest absolute Gasteiger partial charge is 0.384 e. The van der Waals surface area contributed by atoms with E-state index in [-0.39, 0.29) is 0 Å². The number of carbonyl (C=O) groups excluding carboxylic acids is 1. The molecule has 0 unspecified atom stereocenters. The number of carbonyl (C=O) groups is 1. The molecule has 0 aliphatic heterocycles. The van der Waals surface area contributed by atoms with Gasteiger partial charge in [-0.3, -0.25) is 0 Å². The van der Waals surface area contributed by atoms with Crippen LogP contribution in [0.2, 0.25) is 0 Å². The van der Waals surface area contributed by atoms with Gasteiger partial charge in [0.2, 0.25) is 0 Å². The van der Waals surface area contributed by atoms with Crippen LogP contribution in [0.25, 0.3) is 5.52 Å². The van der Waals surface area contributed by atoms with Crippen molar-refractivity contribution >= 4 is 23.2 Å². The Morgan fingerprint density at radius 2 is 2.24 bits per heavy atom.